The SMILES string of the molecule is COc1cc2c(cc1NC(=O)c1cc(C3CC3)[nH]n1)oc1ccccc12. The minimum atomic E-state index is -0.276. The van der Waals surface area contributed by atoms with E-state index in [1.54, 1.807) is 13.2 Å². The van der Waals surface area contributed by atoms with E-state index in [2.05, 4.69) is 15.5 Å². The maximum atomic E-state index is 12.6. The van der Waals surface area contributed by atoms with Crippen LogP contribution in [-0.4, -0.2) is 23.2 Å². The Morgan fingerprint density at radius 2 is 2.04 bits per heavy atom. The molecule has 2 aromatic heterocycles. The van der Waals surface area contributed by atoms with E-state index in [1.807, 2.05) is 36.4 Å². The van der Waals surface area contributed by atoms with Crippen molar-refractivity contribution in [2.75, 3.05) is 12.4 Å². The first kappa shape index (κ1) is 15.0. The number of rotatable bonds is 4. The minimum Gasteiger partial charge on any atom is -0.495 e. The molecule has 0 spiro atoms. The van der Waals surface area contributed by atoms with Gasteiger partial charge in [0, 0.05) is 28.5 Å². The van der Waals surface area contributed by atoms with Crippen LogP contribution in [0.4, 0.5) is 5.69 Å². The lowest BCUT2D eigenvalue weighted by Gasteiger charge is -2.09. The zero-order valence-electron chi connectivity index (χ0n) is 14.2. The normalized spacial score (nSPS) is 14.0. The minimum absolute atomic E-state index is 0.276. The quantitative estimate of drug-likeness (QED) is 0.572. The maximum Gasteiger partial charge on any atom is 0.276 e. The number of aromatic nitrogens is 2. The van der Waals surface area contributed by atoms with Crippen LogP contribution in [0.2, 0.25) is 0 Å². The highest BCUT2D eigenvalue weighted by Gasteiger charge is 2.26. The molecular formula is C20H17N3O3. The number of nitrogens with one attached hydrogen (secondary N) is 2. The summed E-state index contributed by atoms with van der Waals surface area (Å²) >= 11 is 0. The summed E-state index contributed by atoms with van der Waals surface area (Å²) in [7, 11) is 1.58. The van der Waals surface area contributed by atoms with Crippen LogP contribution in [-0.2, 0) is 0 Å². The van der Waals surface area contributed by atoms with Crippen LogP contribution in [0.1, 0.15) is 34.9 Å². The van der Waals surface area contributed by atoms with Crippen molar-refractivity contribution in [3.63, 3.8) is 0 Å². The molecule has 0 bridgehead atoms. The highest BCUT2D eigenvalue weighted by atomic mass is 16.5. The van der Waals surface area contributed by atoms with Crippen LogP contribution < -0.4 is 10.1 Å². The number of furan rings is 1. The Bertz CT molecular complexity index is 1140. The van der Waals surface area contributed by atoms with E-state index in [0.29, 0.717) is 28.6 Å². The third kappa shape index (κ3) is 2.42. The first-order chi connectivity index (χ1) is 12.7. The molecule has 1 saturated carbocycles. The molecule has 1 aliphatic carbocycles. The number of amides is 1. The van der Waals surface area contributed by atoms with Gasteiger partial charge in [0.1, 0.15) is 16.9 Å². The number of anilines is 1. The number of hydrogen-bond donors (Lipinski definition) is 2. The Morgan fingerprint density at radius 1 is 1.19 bits per heavy atom. The number of carbonyl (C=O) groups excluding carboxylic acids is 1. The molecule has 1 amide bonds. The van der Waals surface area contributed by atoms with Crippen molar-refractivity contribution in [1.82, 2.24) is 10.2 Å². The number of fused-ring (bicyclic) bond motifs is 3. The third-order valence-electron chi connectivity index (χ3n) is 4.79. The standard InChI is InChI=1S/C20H17N3O3/c1-25-19-8-13-12-4-2-3-5-17(12)26-18(13)10-15(19)21-20(24)16-9-14(22-23-16)11-6-7-11/h2-5,8-11H,6-7H2,1H3,(H,21,24)(H,22,23). The molecule has 1 aliphatic rings. The van der Waals surface area contributed by atoms with Crippen LogP contribution in [0.3, 0.4) is 0 Å². The van der Waals surface area contributed by atoms with Gasteiger partial charge in [-0.15, -0.1) is 0 Å². The van der Waals surface area contributed by atoms with Crippen molar-refractivity contribution in [2.45, 2.75) is 18.8 Å². The number of nitrogens with zero attached hydrogens (tertiary/aromatic N) is 1. The zero-order chi connectivity index (χ0) is 17.7. The van der Waals surface area contributed by atoms with E-state index in [9.17, 15) is 4.79 Å². The van der Waals surface area contributed by atoms with E-state index in [4.69, 9.17) is 9.15 Å². The van der Waals surface area contributed by atoms with Crippen molar-refractivity contribution in [3.05, 3.63) is 53.9 Å². The summed E-state index contributed by atoms with van der Waals surface area (Å²) in [6.45, 7) is 0. The third-order valence-corrected chi connectivity index (χ3v) is 4.79. The molecule has 4 aromatic rings. The predicted molar refractivity (Wildman–Crippen MR) is 98.8 cm³/mol. The summed E-state index contributed by atoms with van der Waals surface area (Å²) in [4.78, 5) is 12.6. The van der Waals surface area contributed by atoms with Crippen molar-refractivity contribution in [1.29, 1.82) is 0 Å². The molecule has 0 atom stereocenters. The van der Waals surface area contributed by atoms with Crippen molar-refractivity contribution in [2.24, 2.45) is 0 Å². The summed E-state index contributed by atoms with van der Waals surface area (Å²) in [5, 5.41) is 11.9. The fourth-order valence-corrected chi connectivity index (χ4v) is 3.26. The number of methoxy groups -OCH3 is 1. The summed E-state index contributed by atoms with van der Waals surface area (Å²) in [5.41, 5.74) is 3.45. The molecule has 5 rings (SSSR count). The van der Waals surface area contributed by atoms with Gasteiger partial charge in [0.05, 0.1) is 12.8 Å². The van der Waals surface area contributed by atoms with Crippen molar-refractivity contribution in [3.8, 4) is 5.75 Å². The van der Waals surface area contributed by atoms with Gasteiger partial charge in [0.25, 0.3) is 5.91 Å². The summed E-state index contributed by atoms with van der Waals surface area (Å²) in [6, 6.07) is 13.3. The monoisotopic (exact) mass is 347 g/mol. The first-order valence-corrected chi connectivity index (χ1v) is 8.59. The lowest BCUT2D eigenvalue weighted by molar-refractivity contribution is 0.102. The van der Waals surface area contributed by atoms with Crippen LogP contribution in [0, 0.1) is 0 Å². The van der Waals surface area contributed by atoms with Crippen LogP contribution in [0.5, 0.6) is 5.75 Å². The van der Waals surface area contributed by atoms with Gasteiger partial charge >= 0.3 is 0 Å². The molecular weight excluding hydrogens is 330 g/mol. The molecule has 6 heteroatoms. The van der Waals surface area contributed by atoms with Crippen LogP contribution in [0.25, 0.3) is 21.9 Å². The second kappa shape index (κ2) is 5.62. The highest BCUT2D eigenvalue weighted by Crippen LogP contribution is 2.39. The Kier molecular flexibility index (Phi) is 3.25. The Morgan fingerprint density at radius 3 is 2.85 bits per heavy atom. The molecule has 2 N–H and O–H groups in total. The lowest BCUT2D eigenvalue weighted by Crippen LogP contribution is -2.13. The van der Waals surface area contributed by atoms with E-state index >= 15 is 0 Å². The fourth-order valence-electron chi connectivity index (χ4n) is 3.26. The van der Waals surface area contributed by atoms with E-state index in [-0.39, 0.29) is 5.91 Å². The van der Waals surface area contributed by atoms with E-state index in [0.717, 1.165) is 34.9 Å². The Labute approximate surface area is 149 Å². The van der Waals surface area contributed by atoms with E-state index < -0.39 is 0 Å². The van der Waals surface area contributed by atoms with Gasteiger partial charge < -0.3 is 14.5 Å². The number of ether oxygens (including phenoxy) is 1. The van der Waals surface area contributed by atoms with Crippen LogP contribution in [0.15, 0.2) is 46.9 Å². The lowest BCUT2D eigenvalue weighted by atomic mass is 10.1. The molecule has 26 heavy (non-hydrogen) atoms. The average Bonchev–Trinajstić information content (AvgIpc) is 3.27. The van der Waals surface area contributed by atoms with Gasteiger partial charge in [-0.2, -0.15) is 5.10 Å². The Balaban J connectivity index is 1.52. The van der Waals surface area contributed by atoms with Crippen LogP contribution >= 0.6 is 0 Å². The van der Waals surface area contributed by atoms with Crippen molar-refractivity contribution >= 4 is 33.5 Å². The van der Waals surface area contributed by atoms with E-state index in [1.165, 1.54) is 0 Å². The smallest absolute Gasteiger partial charge is 0.276 e. The van der Waals surface area contributed by atoms with Gasteiger partial charge in [-0.25, -0.2) is 0 Å². The van der Waals surface area contributed by atoms with Gasteiger partial charge in [-0.3, -0.25) is 9.89 Å². The number of H-pyrrole nitrogens is 1. The second-order valence-electron chi connectivity index (χ2n) is 6.58. The molecule has 2 heterocycles. The molecule has 2 aromatic carbocycles. The number of benzene rings is 2. The van der Waals surface area contributed by atoms with Gasteiger partial charge in [-0.05, 0) is 31.0 Å². The molecule has 130 valence electrons. The number of hydrogen-bond acceptors (Lipinski definition) is 4. The van der Waals surface area contributed by atoms with Gasteiger partial charge in [-0.1, -0.05) is 18.2 Å². The number of aromatic amines is 1. The van der Waals surface area contributed by atoms with Crippen molar-refractivity contribution < 1.29 is 13.9 Å². The second-order valence-corrected chi connectivity index (χ2v) is 6.58. The largest absolute Gasteiger partial charge is 0.495 e. The summed E-state index contributed by atoms with van der Waals surface area (Å²) in [6.07, 6.45) is 2.31. The predicted octanol–water partition coefficient (Wildman–Crippen LogP) is 4.45. The number of carbonyl (C=O) groups is 1. The zero-order valence-corrected chi connectivity index (χ0v) is 14.2. The molecule has 0 unspecified atom stereocenters. The highest BCUT2D eigenvalue weighted by molar-refractivity contribution is 6.09. The molecule has 0 saturated heterocycles. The Hall–Kier alpha value is -3.28. The van der Waals surface area contributed by atoms with Gasteiger partial charge in [0.2, 0.25) is 0 Å². The molecule has 6 nitrogen and oxygen atoms in total. The fraction of sp³-hybridized carbons (Fsp3) is 0.200. The maximum absolute atomic E-state index is 12.6. The first-order valence-electron chi connectivity index (χ1n) is 8.59. The van der Waals surface area contributed by atoms with Gasteiger partial charge in [0.15, 0.2) is 5.69 Å². The average molecular weight is 347 g/mol. The topological polar surface area (TPSA) is 80.1 Å². The molecule has 1 fully saturated rings. The number of para-hydroxylation sites is 1. The summed E-state index contributed by atoms with van der Waals surface area (Å²) < 4.78 is 11.4. The molecule has 0 radical (unpaired) electrons. The summed E-state index contributed by atoms with van der Waals surface area (Å²) in [5.74, 6) is 0.822. The molecule has 0 aliphatic heterocycles.